The first-order valence-corrected chi connectivity index (χ1v) is 33.1. The molecule has 70 heavy (non-hydrogen) atoms. The molecule has 0 amide bonds. The van der Waals surface area contributed by atoms with E-state index in [9.17, 15) is 61.1 Å². The quantitative estimate of drug-likeness (QED) is 0.0234. The number of nitro benzene ring substituents is 2. The zero-order valence-corrected chi connectivity index (χ0v) is 47.3. The van der Waals surface area contributed by atoms with Crippen LogP contribution in [0, 0.1) is 20.2 Å². The molecule has 0 aromatic heterocycles. The van der Waals surface area contributed by atoms with Gasteiger partial charge in [0.15, 0.2) is 0 Å². The molecule has 10 N–H and O–H groups in total. The minimum absolute atomic E-state index is 0.0787. The fraction of sp³-hybridized carbons (Fsp3) is 0.721. The van der Waals surface area contributed by atoms with Crippen LogP contribution in [-0.2, 0) is 19.1 Å². The van der Waals surface area contributed by atoms with Crippen LogP contribution in [-0.4, -0.2) is 231 Å². The maximum atomic E-state index is 12.4. The van der Waals surface area contributed by atoms with Crippen LogP contribution in [0.3, 0.4) is 0 Å². The van der Waals surface area contributed by atoms with Gasteiger partial charge in [0.2, 0.25) is 0 Å². The van der Waals surface area contributed by atoms with E-state index < -0.39 is 122 Å². The molecule has 0 saturated carbocycles. The van der Waals surface area contributed by atoms with Gasteiger partial charge in [0.1, 0.15) is 0 Å². The number of nitro groups is 2. The number of ether oxygens (including phenoxy) is 2. The molecule has 2 saturated heterocycles. The Morgan fingerprint density at radius 3 is 1.59 bits per heavy atom. The molecular weight excluding hydrogens is 1190 g/mol. The van der Waals surface area contributed by atoms with Crippen LogP contribution >= 0.6 is 0 Å². The number of unbranched alkanes of at least 4 members (excludes halogenated alkanes) is 1. The third-order valence-electron chi connectivity index (χ3n) is 12.1. The van der Waals surface area contributed by atoms with Crippen molar-refractivity contribution < 1.29 is 69.8 Å². The van der Waals surface area contributed by atoms with Gasteiger partial charge in [-0.2, -0.15) is 0 Å². The summed E-state index contributed by atoms with van der Waals surface area (Å²) in [6.45, 7) is 13.5. The van der Waals surface area contributed by atoms with E-state index in [-0.39, 0.29) is 41.7 Å². The summed E-state index contributed by atoms with van der Waals surface area (Å²) in [7, 11) is 1.87. The summed E-state index contributed by atoms with van der Waals surface area (Å²) in [5.74, 6) is 0. The number of hydrogen-bond acceptors (Lipinski definition) is 21. The van der Waals surface area contributed by atoms with Crippen molar-refractivity contribution in [3.05, 3.63) is 56.6 Å². The molecule has 12 atom stereocenters. The van der Waals surface area contributed by atoms with E-state index in [2.05, 4.69) is 33.6 Å². The van der Waals surface area contributed by atoms with Gasteiger partial charge in [0.05, 0.1) is 0 Å². The van der Waals surface area contributed by atoms with Crippen LogP contribution in [0.4, 0.5) is 22.7 Å². The van der Waals surface area contributed by atoms with Crippen molar-refractivity contribution in [2.75, 3.05) is 54.3 Å². The molecular formula is C43H71N7O16Se4. The molecule has 0 radical (unpaired) electrons. The molecule has 23 nitrogen and oxygen atoms in total. The van der Waals surface area contributed by atoms with Crippen molar-refractivity contribution >= 4 is 88.3 Å². The predicted molar refractivity (Wildman–Crippen MR) is 264 cm³/mol. The SMILES string of the molecule is CCCCC(C)(C[Se]N(C)c1ccc([N+](=O)[O-])c([Se][Se]c2cc(N(CC)[Se]CC(C)(CCN(CC)CC)ONC3C(O)C(O)C(CO)O[C@@H]3O)ccc2[N+](=O)[O-])c1)ONC1C(O)C(O)C(CO)O[C@@H]1O. The van der Waals surface area contributed by atoms with E-state index in [1.54, 1.807) is 24.3 Å². The first kappa shape index (κ1) is 60.9. The van der Waals surface area contributed by atoms with Crippen molar-refractivity contribution in [3.63, 3.8) is 0 Å². The summed E-state index contributed by atoms with van der Waals surface area (Å²) in [5, 5.41) is 108. The minimum atomic E-state index is -1.58. The standard InChI is InChI=1S/C43H71N7O16Se4/c1-8-12-17-42(5,65-44-34-38(55)36(53)30(22-51)63-40(34)57)24-67-46(7)26-13-15-28(49(59)60)32(20-26)69-70-33-21-27(14-16-29(33)50(61)62)48(11-4)68-25-43(6,18-19-47(9-2)10-3)66-45-35-39(56)37(54)31(23-52)64-41(35)58/h13-16,20-21,30-31,34-41,44-45,51-58H,8-12,17-19,22-25H2,1-7H3/t30?,31?,34?,35?,36?,37?,38?,39?,40-,41-,42?,43?/m0/s1. The van der Waals surface area contributed by atoms with Crippen molar-refractivity contribution in [1.29, 1.82) is 0 Å². The number of hydrogen-bond donors (Lipinski definition) is 10. The molecule has 4 rings (SSSR count). The van der Waals surface area contributed by atoms with Crippen LogP contribution in [0.25, 0.3) is 0 Å². The second kappa shape index (κ2) is 28.8. The molecule has 2 aliphatic rings. The summed E-state index contributed by atoms with van der Waals surface area (Å²) in [4.78, 5) is 38.5. The van der Waals surface area contributed by atoms with Gasteiger partial charge in [-0.25, -0.2) is 0 Å². The van der Waals surface area contributed by atoms with Gasteiger partial charge in [-0.1, -0.05) is 0 Å². The fourth-order valence-corrected chi connectivity index (χ4v) is 18.5. The van der Waals surface area contributed by atoms with Crippen LogP contribution < -0.4 is 27.7 Å². The van der Waals surface area contributed by atoms with E-state index in [1.807, 2.05) is 38.7 Å². The first-order valence-electron chi connectivity index (χ1n) is 23.1. The summed E-state index contributed by atoms with van der Waals surface area (Å²) >= 11 is -1.74. The summed E-state index contributed by atoms with van der Waals surface area (Å²) in [6, 6.07) is 7.44. The normalized spacial score (nSPS) is 26.7. The Morgan fingerprint density at radius 1 is 0.686 bits per heavy atom. The van der Waals surface area contributed by atoms with E-state index in [0.29, 0.717) is 51.2 Å². The Labute approximate surface area is 432 Å². The summed E-state index contributed by atoms with van der Waals surface area (Å²) in [5.41, 5.74) is 5.08. The molecule has 2 aliphatic heterocycles. The molecule has 2 fully saturated rings. The van der Waals surface area contributed by atoms with Crippen LogP contribution in [0.2, 0.25) is 10.6 Å². The molecule has 27 heteroatoms. The Hall–Kier alpha value is -1.68. The second-order valence-electron chi connectivity index (χ2n) is 17.5. The van der Waals surface area contributed by atoms with Crippen molar-refractivity contribution in [1.82, 2.24) is 15.9 Å². The van der Waals surface area contributed by atoms with Crippen molar-refractivity contribution in [2.45, 2.75) is 150 Å². The van der Waals surface area contributed by atoms with Gasteiger partial charge in [-0.05, 0) is 0 Å². The number of nitrogens with one attached hydrogen (secondary N) is 2. The zero-order valence-electron chi connectivity index (χ0n) is 40.4. The number of aliphatic hydroxyl groups excluding tert-OH is 8. The molecule has 0 spiro atoms. The Kier molecular flexibility index (Phi) is 25.1. The number of rotatable bonds is 30. The molecule has 0 aliphatic carbocycles. The number of hydroxylamine groups is 2. The summed E-state index contributed by atoms with van der Waals surface area (Å²) < 4.78 is 15.7. The van der Waals surface area contributed by atoms with Crippen LogP contribution in [0.1, 0.15) is 67.2 Å². The van der Waals surface area contributed by atoms with Crippen molar-refractivity contribution in [2.24, 2.45) is 0 Å². The number of nitrogens with zero attached hydrogens (tertiary/aromatic N) is 5. The van der Waals surface area contributed by atoms with Gasteiger partial charge >= 0.3 is 435 Å². The van der Waals surface area contributed by atoms with Gasteiger partial charge in [0, 0.05) is 0 Å². The molecule has 398 valence electrons. The van der Waals surface area contributed by atoms with Crippen LogP contribution in [0.15, 0.2) is 36.4 Å². The van der Waals surface area contributed by atoms with Crippen molar-refractivity contribution in [3.8, 4) is 0 Å². The average Bonchev–Trinajstić information content (AvgIpc) is 3.34. The number of benzene rings is 2. The van der Waals surface area contributed by atoms with E-state index >= 15 is 0 Å². The van der Waals surface area contributed by atoms with Gasteiger partial charge in [-0.3, -0.25) is 0 Å². The molecule has 10 unspecified atom stereocenters. The average molecular weight is 1260 g/mol. The molecule has 2 aromatic carbocycles. The van der Waals surface area contributed by atoms with Crippen LogP contribution in [0.5, 0.6) is 0 Å². The predicted octanol–water partition coefficient (Wildman–Crippen LogP) is -1.80. The monoisotopic (exact) mass is 1260 g/mol. The Bertz CT molecular complexity index is 1960. The summed E-state index contributed by atoms with van der Waals surface area (Å²) in [6.07, 6.45) is -8.60. The molecule has 2 aromatic rings. The topological polar surface area (TPSA) is 319 Å². The Morgan fingerprint density at radius 2 is 1.14 bits per heavy atom. The second-order valence-corrected chi connectivity index (χ2v) is 28.0. The molecule has 0 bridgehead atoms. The fourth-order valence-electron chi connectivity index (χ4n) is 7.41. The van der Waals surface area contributed by atoms with Gasteiger partial charge < -0.3 is 0 Å². The first-order chi connectivity index (χ1) is 33.2. The number of anilines is 2. The molecule has 2 heterocycles. The third kappa shape index (κ3) is 16.7. The van der Waals surface area contributed by atoms with E-state index in [4.69, 9.17) is 19.1 Å². The van der Waals surface area contributed by atoms with Gasteiger partial charge in [-0.15, -0.1) is 0 Å². The van der Waals surface area contributed by atoms with E-state index in [1.165, 1.54) is 12.1 Å². The third-order valence-corrected chi connectivity index (χ3v) is 25.2. The Balaban J connectivity index is 1.51. The number of aliphatic hydroxyl groups is 8. The maximum absolute atomic E-state index is 12.4. The van der Waals surface area contributed by atoms with Gasteiger partial charge in [0.25, 0.3) is 0 Å². The van der Waals surface area contributed by atoms with E-state index in [0.717, 1.165) is 31.6 Å². The zero-order chi connectivity index (χ0) is 51.9.